The van der Waals surface area contributed by atoms with Gasteiger partial charge in [-0.05, 0) is 60.4 Å². The van der Waals surface area contributed by atoms with Gasteiger partial charge in [-0.3, -0.25) is 0 Å². The van der Waals surface area contributed by atoms with E-state index in [1.165, 1.54) is 36.0 Å². The molecule has 0 bridgehead atoms. The summed E-state index contributed by atoms with van der Waals surface area (Å²) in [6.07, 6.45) is 7.00. The SMILES string of the molecule is COc1ccc(C(N)C2(NCc3ccccc3)CCCC(Cc3ccccc3)CC2)cc1. The molecular weight excluding hydrogens is 392 g/mol. The Morgan fingerprint density at radius 1 is 0.875 bits per heavy atom. The molecule has 0 radical (unpaired) electrons. The molecule has 3 N–H and O–H groups in total. The van der Waals surface area contributed by atoms with Crippen LogP contribution in [-0.2, 0) is 13.0 Å². The third-order valence-electron chi connectivity index (χ3n) is 7.16. The van der Waals surface area contributed by atoms with E-state index in [0.717, 1.165) is 31.6 Å². The molecule has 32 heavy (non-hydrogen) atoms. The van der Waals surface area contributed by atoms with Crippen LogP contribution in [0.5, 0.6) is 5.75 Å². The Morgan fingerprint density at radius 3 is 2.19 bits per heavy atom. The fourth-order valence-corrected chi connectivity index (χ4v) is 5.19. The Labute approximate surface area is 193 Å². The summed E-state index contributed by atoms with van der Waals surface area (Å²) in [7, 11) is 1.70. The minimum absolute atomic E-state index is 0.0624. The number of hydrogen-bond acceptors (Lipinski definition) is 3. The summed E-state index contributed by atoms with van der Waals surface area (Å²) in [5.74, 6) is 1.58. The highest BCUT2D eigenvalue weighted by Gasteiger charge is 2.39. The van der Waals surface area contributed by atoms with Crippen molar-refractivity contribution in [1.82, 2.24) is 5.32 Å². The molecule has 168 valence electrons. The van der Waals surface area contributed by atoms with Crippen molar-refractivity contribution in [2.24, 2.45) is 11.7 Å². The fraction of sp³-hybridized carbons (Fsp3) is 0.379. The monoisotopic (exact) mass is 428 g/mol. The summed E-state index contributed by atoms with van der Waals surface area (Å²) in [6.45, 7) is 0.841. The molecule has 1 aliphatic carbocycles. The molecule has 0 amide bonds. The summed E-state index contributed by atoms with van der Waals surface area (Å²) in [6, 6.07) is 29.8. The molecule has 0 saturated heterocycles. The Bertz CT molecular complexity index is 942. The number of hydrogen-bond donors (Lipinski definition) is 2. The zero-order valence-corrected chi connectivity index (χ0v) is 19.2. The second-order valence-corrected chi connectivity index (χ2v) is 9.23. The first kappa shape index (κ1) is 22.6. The molecular formula is C29H36N2O. The average Bonchev–Trinajstić information content (AvgIpc) is 3.06. The van der Waals surface area contributed by atoms with Gasteiger partial charge in [0, 0.05) is 18.1 Å². The largest absolute Gasteiger partial charge is 0.497 e. The quantitative estimate of drug-likeness (QED) is 0.430. The van der Waals surface area contributed by atoms with Crippen molar-refractivity contribution >= 4 is 0 Å². The van der Waals surface area contributed by atoms with Gasteiger partial charge in [-0.25, -0.2) is 0 Å². The maximum Gasteiger partial charge on any atom is 0.118 e. The van der Waals surface area contributed by atoms with E-state index in [1.54, 1.807) is 7.11 Å². The molecule has 4 rings (SSSR count). The van der Waals surface area contributed by atoms with Crippen molar-refractivity contribution in [2.45, 2.75) is 56.7 Å². The zero-order valence-electron chi connectivity index (χ0n) is 19.2. The van der Waals surface area contributed by atoms with Crippen molar-refractivity contribution in [3.05, 3.63) is 102 Å². The second kappa shape index (κ2) is 10.8. The van der Waals surface area contributed by atoms with Crippen LogP contribution in [0, 0.1) is 5.92 Å². The van der Waals surface area contributed by atoms with Gasteiger partial charge in [-0.15, -0.1) is 0 Å². The van der Waals surface area contributed by atoms with E-state index in [-0.39, 0.29) is 11.6 Å². The van der Waals surface area contributed by atoms with Crippen molar-refractivity contribution in [3.63, 3.8) is 0 Å². The molecule has 3 atom stereocenters. The highest BCUT2D eigenvalue weighted by molar-refractivity contribution is 5.31. The Kier molecular flexibility index (Phi) is 7.62. The topological polar surface area (TPSA) is 47.3 Å². The number of nitrogens with two attached hydrogens (primary N) is 1. The lowest BCUT2D eigenvalue weighted by molar-refractivity contribution is 0.227. The molecule has 3 aromatic carbocycles. The van der Waals surface area contributed by atoms with E-state index in [9.17, 15) is 0 Å². The van der Waals surface area contributed by atoms with Gasteiger partial charge in [-0.1, -0.05) is 85.6 Å². The molecule has 3 nitrogen and oxygen atoms in total. The first-order chi connectivity index (χ1) is 15.7. The average molecular weight is 429 g/mol. The maximum absolute atomic E-state index is 7.02. The van der Waals surface area contributed by atoms with Crippen molar-refractivity contribution in [1.29, 1.82) is 0 Å². The smallest absolute Gasteiger partial charge is 0.118 e. The molecule has 1 saturated carbocycles. The molecule has 0 aromatic heterocycles. The normalized spacial score (nSPS) is 22.1. The van der Waals surface area contributed by atoms with Gasteiger partial charge in [0.05, 0.1) is 7.11 Å². The van der Waals surface area contributed by atoms with E-state index in [2.05, 4.69) is 78.1 Å². The van der Waals surface area contributed by atoms with Crippen LogP contribution in [0.2, 0.25) is 0 Å². The minimum Gasteiger partial charge on any atom is -0.497 e. The van der Waals surface area contributed by atoms with Gasteiger partial charge in [0.25, 0.3) is 0 Å². The molecule has 0 heterocycles. The van der Waals surface area contributed by atoms with Gasteiger partial charge in [0.1, 0.15) is 5.75 Å². The van der Waals surface area contributed by atoms with Gasteiger partial charge in [0.2, 0.25) is 0 Å². The van der Waals surface area contributed by atoms with E-state index in [1.807, 2.05) is 12.1 Å². The minimum atomic E-state index is -0.115. The molecule has 0 spiro atoms. The van der Waals surface area contributed by atoms with E-state index < -0.39 is 0 Å². The Balaban J connectivity index is 1.53. The van der Waals surface area contributed by atoms with Crippen LogP contribution in [0.3, 0.4) is 0 Å². The summed E-state index contributed by atoms with van der Waals surface area (Å²) >= 11 is 0. The van der Waals surface area contributed by atoms with E-state index in [0.29, 0.717) is 5.92 Å². The Morgan fingerprint density at radius 2 is 1.53 bits per heavy atom. The first-order valence-electron chi connectivity index (χ1n) is 11.9. The van der Waals surface area contributed by atoms with Crippen molar-refractivity contribution in [2.75, 3.05) is 7.11 Å². The van der Waals surface area contributed by atoms with Gasteiger partial charge < -0.3 is 15.8 Å². The van der Waals surface area contributed by atoms with Crippen LogP contribution in [0.1, 0.15) is 54.8 Å². The zero-order chi connectivity index (χ0) is 22.2. The van der Waals surface area contributed by atoms with Crippen molar-refractivity contribution < 1.29 is 4.74 Å². The lowest BCUT2D eigenvalue weighted by Gasteiger charge is -2.40. The van der Waals surface area contributed by atoms with Gasteiger partial charge >= 0.3 is 0 Å². The Hall–Kier alpha value is -2.62. The highest BCUT2D eigenvalue weighted by atomic mass is 16.5. The van der Waals surface area contributed by atoms with E-state index in [4.69, 9.17) is 10.5 Å². The van der Waals surface area contributed by atoms with Crippen LogP contribution in [0.25, 0.3) is 0 Å². The van der Waals surface area contributed by atoms with Crippen LogP contribution >= 0.6 is 0 Å². The summed E-state index contributed by atoms with van der Waals surface area (Å²) in [4.78, 5) is 0. The highest BCUT2D eigenvalue weighted by Crippen LogP contribution is 2.39. The molecule has 0 aliphatic heterocycles. The van der Waals surface area contributed by atoms with Crippen LogP contribution in [0.4, 0.5) is 0 Å². The molecule has 3 unspecified atom stereocenters. The van der Waals surface area contributed by atoms with Gasteiger partial charge in [-0.2, -0.15) is 0 Å². The fourth-order valence-electron chi connectivity index (χ4n) is 5.19. The predicted octanol–water partition coefficient (Wildman–Crippen LogP) is 6.05. The number of ether oxygens (including phenoxy) is 1. The van der Waals surface area contributed by atoms with Crippen LogP contribution < -0.4 is 15.8 Å². The number of nitrogens with one attached hydrogen (secondary N) is 1. The number of rotatable bonds is 8. The molecule has 1 fully saturated rings. The summed E-state index contributed by atoms with van der Waals surface area (Å²) in [5, 5.41) is 3.95. The molecule has 3 aromatic rings. The summed E-state index contributed by atoms with van der Waals surface area (Å²) < 4.78 is 5.36. The molecule has 1 aliphatic rings. The van der Waals surface area contributed by atoms with Crippen LogP contribution in [0.15, 0.2) is 84.9 Å². The number of benzene rings is 3. The third kappa shape index (κ3) is 5.59. The van der Waals surface area contributed by atoms with Gasteiger partial charge in [0.15, 0.2) is 0 Å². The molecule has 3 heteroatoms. The first-order valence-corrected chi connectivity index (χ1v) is 11.9. The standard InChI is InChI=1S/C29H36N2O/c1-32-27-16-14-26(15-17-27)28(30)29(31-22-25-11-6-3-7-12-25)19-8-13-24(18-20-29)21-23-9-4-2-5-10-23/h2-7,9-12,14-17,24,28,31H,8,13,18-22,30H2,1H3. The second-order valence-electron chi connectivity index (χ2n) is 9.23. The van der Waals surface area contributed by atoms with Crippen LogP contribution in [-0.4, -0.2) is 12.6 Å². The predicted molar refractivity (Wildman–Crippen MR) is 133 cm³/mol. The lowest BCUT2D eigenvalue weighted by atomic mass is 9.79. The van der Waals surface area contributed by atoms with E-state index >= 15 is 0 Å². The van der Waals surface area contributed by atoms with Crippen molar-refractivity contribution in [3.8, 4) is 5.75 Å². The number of methoxy groups -OCH3 is 1. The maximum atomic E-state index is 7.02. The third-order valence-corrected chi connectivity index (χ3v) is 7.16. The summed E-state index contributed by atoms with van der Waals surface area (Å²) in [5.41, 5.74) is 10.8. The lowest BCUT2D eigenvalue weighted by Crippen LogP contribution is -2.52.